The van der Waals surface area contributed by atoms with Crippen LogP contribution in [0.1, 0.15) is 53.9 Å². The Bertz CT molecular complexity index is 819. The van der Waals surface area contributed by atoms with E-state index < -0.39 is 0 Å². The van der Waals surface area contributed by atoms with Crippen molar-refractivity contribution in [2.45, 2.75) is 51.2 Å². The maximum Gasteiger partial charge on any atom is 0.276 e. The molecule has 2 aliphatic heterocycles. The van der Waals surface area contributed by atoms with Crippen LogP contribution in [0, 0.1) is 17.8 Å². The van der Waals surface area contributed by atoms with Gasteiger partial charge in [-0.1, -0.05) is 35.5 Å². The minimum atomic E-state index is 0.0684. The molecule has 3 heterocycles. The van der Waals surface area contributed by atoms with Crippen LogP contribution in [0.3, 0.4) is 0 Å². The summed E-state index contributed by atoms with van der Waals surface area (Å²) < 4.78 is 5.52. The fraction of sp³-hybridized carbons (Fsp3) is 0.565. The van der Waals surface area contributed by atoms with Gasteiger partial charge in [0.1, 0.15) is 0 Å². The van der Waals surface area contributed by atoms with Crippen LogP contribution in [-0.2, 0) is 13.1 Å². The maximum absolute atomic E-state index is 13.2. The van der Waals surface area contributed by atoms with E-state index in [0.717, 1.165) is 30.7 Å². The molecule has 2 unspecified atom stereocenters. The summed E-state index contributed by atoms with van der Waals surface area (Å²) in [7, 11) is 2.06. The molecule has 0 radical (unpaired) electrons. The highest BCUT2D eigenvalue weighted by Crippen LogP contribution is 2.47. The van der Waals surface area contributed by atoms with Gasteiger partial charge in [0.25, 0.3) is 5.91 Å². The topological polar surface area (TPSA) is 49.6 Å². The molecule has 6 rings (SSSR count). The Balaban J connectivity index is 1.25. The van der Waals surface area contributed by atoms with Crippen molar-refractivity contribution in [2.24, 2.45) is 17.8 Å². The number of carbonyl (C=O) groups is 1. The summed E-state index contributed by atoms with van der Waals surface area (Å²) in [6.07, 6.45) is 6.37. The van der Waals surface area contributed by atoms with E-state index in [9.17, 15) is 4.79 Å². The summed E-state index contributed by atoms with van der Waals surface area (Å²) in [4.78, 5) is 17.5. The Labute approximate surface area is 166 Å². The molecule has 5 heteroatoms. The highest BCUT2D eigenvalue weighted by Gasteiger charge is 2.44. The number of hydrogen-bond donors (Lipinski definition) is 0. The minimum Gasteiger partial charge on any atom is -0.359 e. The number of amides is 1. The second kappa shape index (κ2) is 7.36. The van der Waals surface area contributed by atoms with Crippen LogP contribution in [0.2, 0.25) is 0 Å². The zero-order valence-corrected chi connectivity index (χ0v) is 16.6. The number of nitrogens with zero attached hydrogens (tertiary/aromatic N) is 3. The summed E-state index contributed by atoms with van der Waals surface area (Å²) in [6, 6.07) is 12.6. The fourth-order valence-electron chi connectivity index (χ4n) is 5.89. The summed E-state index contributed by atoms with van der Waals surface area (Å²) in [6.45, 7) is 2.39. The van der Waals surface area contributed by atoms with Gasteiger partial charge in [-0.05, 0) is 62.5 Å². The van der Waals surface area contributed by atoms with Crippen molar-refractivity contribution < 1.29 is 9.32 Å². The van der Waals surface area contributed by atoms with Gasteiger partial charge >= 0.3 is 0 Å². The van der Waals surface area contributed by atoms with Crippen LogP contribution in [0.15, 0.2) is 40.9 Å². The van der Waals surface area contributed by atoms with Gasteiger partial charge < -0.3 is 9.42 Å². The Morgan fingerprint density at radius 3 is 2.54 bits per heavy atom. The van der Waals surface area contributed by atoms with Crippen molar-refractivity contribution in [2.75, 3.05) is 13.6 Å². The predicted octanol–water partition coefficient (Wildman–Crippen LogP) is 3.96. The van der Waals surface area contributed by atoms with Crippen LogP contribution in [0.25, 0.3) is 0 Å². The van der Waals surface area contributed by atoms with Crippen LogP contribution >= 0.6 is 0 Å². The van der Waals surface area contributed by atoms with Gasteiger partial charge in [-0.15, -0.1) is 0 Å². The molecule has 2 saturated heterocycles. The van der Waals surface area contributed by atoms with E-state index in [2.05, 4.69) is 46.3 Å². The molecule has 2 saturated carbocycles. The lowest BCUT2D eigenvalue weighted by atomic mass is 9.68. The monoisotopic (exact) mass is 379 g/mol. The maximum atomic E-state index is 13.2. The van der Waals surface area contributed by atoms with Crippen molar-refractivity contribution in [3.8, 4) is 0 Å². The lowest BCUT2D eigenvalue weighted by Gasteiger charge is -2.38. The van der Waals surface area contributed by atoms with Crippen molar-refractivity contribution >= 4 is 5.91 Å². The molecule has 0 spiro atoms. The van der Waals surface area contributed by atoms with E-state index >= 15 is 0 Å². The number of aromatic nitrogens is 1. The third-order valence-electron chi connectivity index (χ3n) is 6.87. The van der Waals surface area contributed by atoms with Gasteiger partial charge in [-0.3, -0.25) is 9.69 Å². The molecule has 4 fully saturated rings. The fourth-order valence-corrected chi connectivity index (χ4v) is 5.89. The van der Waals surface area contributed by atoms with E-state index in [-0.39, 0.29) is 5.91 Å². The summed E-state index contributed by atoms with van der Waals surface area (Å²) in [5.74, 6) is 3.17. The largest absolute Gasteiger partial charge is 0.359 e. The van der Waals surface area contributed by atoms with Crippen LogP contribution in [0.5, 0.6) is 0 Å². The lowest BCUT2D eigenvalue weighted by molar-refractivity contribution is 0.0622. The lowest BCUT2D eigenvalue weighted by Crippen LogP contribution is -2.42. The second-order valence-corrected chi connectivity index (χ2v) is 9.22. The van der Waals surface area contributed by atoms with Gasteiger partial charge in [0.05, 0.1) is 6.54 Å². The second-order valence-electron chi connectivity index (χ2n) is 9.22. The van der Waals surface area contributed by atoms with Crippen LogP contribution < -0.4 is 0 Å². The molecule has 28 heavy (non-hydrogen) atoms. The van der Waals surface area contributed by atoms with Gasteiger partial charge in [-0.2, -0.15) is 0 Å². The number of hydrogen-bond acceptors (Lipinski definition) is 4. The van der Waals surface area contributed by atoms with Gasteiger partial charge in [0, 0.05) is 25.2 Å². The minimum absolute atomic E-state index is 0.0684. The summed E-state index contributed by atoms with van der Waals surface area (Å²) >= 11 is 0. The van der Waals surface area contributed by atoms with E-state index in [1.54, 1.807) is 0 Å². The Hall–Kier alpha value is -2.14. The molecule has 1 amide bonds. The predicted molar refractivity (Wildman–Crippen MR) is 106 cm³/mol. The van der Waals surface area contributed by atoms with Crippen LogP contribution in [-0.4, -0.2) is 40.5 Å². The van der Waals surface area contributed by atoms with Crippen molar-refractivity contribution in [3.05, 3.63) is 53.4 Å². The number of benzene rings is 1. The quantitative estimate of drug-likeness (QED) is 0.789. The molecule has 5 nitrogen and oxygen atoms in total. The van der Waals surface area contributed by atoms with Gasteiger partial charge in [0.15, 0.2) is 11.5 Å². The number of carbonyl (C=O) groups excluding carboxylic acids is 1. The van der Waals surface area contributed by atoms with E-state index in [0.29, 0.717) is 24.2 Å². The average Bonchev–Trinajstić information content (AvgIpc) is 3.04. The zero-order valence-electron chi connectivity index (χ0n) is 16.6. The molecule has 4 bridgehead atoms. The standard InChI is InChI=1S/C23H29N3O2/c1-25(13-16-5-3-2-4-6-16)15-21-12-22(24-28-21)23(27)26-14-19-8-17-7-18(9-19)11-20(26)10-17/h2-6,12,17-20H,7-11,13-15H2,1H3/t17-,18+,19?,20?. The Morgan fingerprint density at radius 1 is 1.07 bits per heavy atom. The number of rotatable bonds is 5. The normalized spacial score (nSPS) is 28.7. The first-order valence-corrected chi connectivity index (χ1v) is 10.6. The first-order chi connectivity index (χ1) is 13.6. The van der Waals surface area contributed by atoms with Crippen molar-refractivity contribution in [1.82, 2.24) is 15.0 Å². The number of fused-ring (bicyclic) bond motifs is 1. The summed E-state index contributed by atoms with van der Waals surface area (Å²) in [5.41, 5.74) is 1.74. The van der Waals surface area contributed by atoms with Crippen molar-refractivity contribution in [1.29, 1.82) is 0 Å². The first-order valence-electron chi connectivity index (χ1n) is 10.6. The van der Waals surface area contributed by atoms with E-state index in [1.165, 1.54) is 37.7 Å². The van der Waals surface area contributed by atoms with E-state index in [1.807, 2.05) is 12.1 Å². The highest BCUT2D eigenvalue weighted by molar-refractivity contribution is 5.92. The average molecular weight is 380 g/mol. The van der Waals surface area contributed by atoms with Crippen molar-refractivity contribution in [3.63, 3.8) is 0 Å². The Kier molecular flexibility index (Phi) is 4.71. The highest BCUT2D eigenvalue weighted by atomic mass is 16.5. The zero-order chi connectivity index (χ0) is 19.1. The first kappa shape index (κ1) is 17.9. The third kappa shape index (κ3) is 3.60. The molecule has 0 N–H and O–H groups in total. The molecular weight excluding hydrogens is 350 g/mol. The van der Waals surface area contributed by atoms with Crippen LogP contribution in [0.4, 0.5) is 0 Å². The van der Waals surface area contributed by atoms with Gasteiger partial charge in [0.2, 0.25) is 0 Å². The molecule has 2 aliphatic carbocycles. The molecular formula is C23H29N3O2. The molecule has 4 atom stereocenters. The van der Waals surface area contributed by atoms with Gasteiger partial charge in [-0.25, -0.2) is 0 Å². The third-order valence-corrected chi connectivity index (χ3v) is 6.87. The SMILES string of the molecule is CN(Cc1ccccc1)Cc1cc(C(=O)N2CC3C[C@@H]4CC2C[C@H](C3)C4)no1. The van der Waals surface area contributed by atoms with E-state index in [4.69, 9.17) is 4.52 Å². The molecule has 2 aromatic rings. The molecule has 1 aromatic carbocycles. The molecule has 4 aliphatic rings. The molecule has 148 valence electrons. The summed E-state index contributed by atoms with van der Waals surface area (Å²) in [5, 5.41) is 4.13. The Morgan fingerprint density at radius 2 is 1.79 bits per heavy atom. The smallest absolute Gasteiger partial charge is 0.276 e. The molecule has 1 aromatic heterocycles.